The number of halogens is 1. The zero-order chi connectivity index (χ0) is 22.8. The van der Waals surface area contributed by atoms with Gasteiger partial charge in [-0.2, -0.15) is 0 Å². The predicted molar refractivity (Wildman–Crippen MR) is 121 cm³/mol. The van der Waals surface area contributed by atoms with E-state index in [1.54, 1.807) is 35.8 Å². The average Bonchev–Trinajstić information content (AvgIpc) is 2.76. The number of amides is 3. The minimum atomic E-state index is -3.38. The number of anilines is 1. The van der Waals surface area contributed by atoms with Crippen LogP contribution < -0.4 is 5.32 Å². The fraction of sp³-hybridized carbons (Fsp3) is 0.364. The summed E-state index contributed by atoms with van der Waals surface area (Å²) in [5.41, 5.74) is 1.98. The lowest BCUT2D eigenvalue weighted by Crippen LogP contribution is -2.51. The highest BCUT2D eigenvalue weighted by Crippen LogP contribution is 2.21. The van der Waals surface area contributed by atoms with E-state index >= 15 is 0 Å². The molecule has 31 heavy (non-hydrogen) atoms. The van der Waals surface area contributed by atoms with E-state index in [2.05, 4.69) is 5.32 Å². The average molecular weight is 464 g/mol. The number of aryl methyl sites for hydroxylation is 1. The van der Waals surface area contributed by atoms with Crippen LogP contribution in [0.5, 0.6) is 0 Å². The Morgan fingerprint density at radius 2 is 1.55 bits per heavy atom. The molecule has 1 heterocycles. The maximum absolute atomic E-state index is 12.8. The second-order valence-electron chi connectivity index (χ2n) is 7.79. The van der Waals surface area contributed by atoms with Gasteiger partial charge < -0.3 is 15.1 Å². The fourth-order valence-electron chi connectivity index (χ4n) is 3.23. The number of carbonyl (C=O) groups excluding carboxylic acids is 2. The number of urea groups is 1. The van der Waals surface area contributed by atoms with E-state index < -0.39 is 15.1 Å². The Kier molecular flexibility index (Phi) is 6.91. The second kappa shape index (κ2) is 9.28. The third kappa shape index (κ3) is 5.19. The molecule has 2 aromatic rings. The number of nitrogens with one attached hydrogen (secondary N) is 1. The van der Waals surface area contributed by atoms with E-state index in [9.17, 15) is 18.0 Å². The predicted octanol–water partition coefficient (Wildman–Crippen LogP) is 3.82. The topological polar surface area (TPSA) is 86.8 Å². The van der Waals surface area contributed by atoms with Crippen molar-refractivity contribution in [2.24, 2.45) is 0 Å². The van der Waals surface area contributed by atoms with E-state index in [4.69, 9.17) is 11.6 Å². The lowest BCUT2D eigenvalue weighted by molar-refractivity contribution is 0.0671. The van der Waals surface area contributed by atoms with E-state index in [1.807, 2.05) is 13.0 Å². The van der Waals surface area contributed by atoms with Gasteiger partial charge in [-0.25, -0.2) is 13.2 Å². The lowest BCUT2D eigenvalue weighted by Gasteiger charge is -2.34. The third-order valence-corrected chi connectivity index (χ3v) is 7.91. The molecule has 3 amide bonds. The number of piperazine rings is 1. The van der Waals surface area contributed by atoms with Crippen LogP contribution in [0.2, 0.25) is 5.02 Å². The SMILES string of the molecule is Cc1ccc(NC(=O)N2CCN(C(=O)c3ccc(S(=O)(=O)C(C)C)cc3)CC2)cc1Cl. The van der Waals surface area contributed by atoms with Crippen molar-refractivity contribution in [2.75, 3.05) is 31.5 Å². The Morgan fingerprint density at radius 3 is 2.10 bits per heavy atom. The van der Waals surface area contributed by atoms with E-state index in [0.717, 1.165) is 5.56 Å². The molecule has 1 aliphatic rings. The van der Waals surface area contributed by atoms with Crippen molar-refractivity contribution >= 4 is 39.1 Å². The van der Waals surface area contributed by atoms with Crippen molar-refractivity contribution in [3.8, 4) is 0 Å². The third-order valence-electron chi connectivity index (χ3n) is 5.33. The van der Waals surface area contributed by atoms with Gasteiger partial charge in [-0.15, -0.1) is 0 Å². The summed E-state index contributed by atoms with van der Waals surface area (Å²) in [6, 6.07) is 11.1. The molecule has 0 aliphatic carbocycles. The van der Waals surface area contributed by atoms with Gasteiger partial charge >= 0.3 is 6.03 Å². The van der Waals surface area contributed by atoms with Crippen LogP contribution >= 0.6 is 11.6 Å². The number of sulfone groups is 1. The molecule has 0 unspecified atom stereocenters. The molecule has 3 rings (SSSR count). The summed E-state index contributed by atoms with van der Waals surface area (Å²) in [7, 11) is -3.38. The standard InChI is InChI=1S/C22H26ClN3O4S/c1-15(2)31(29,30)19-8-5-17(6-9-19)21(27)25-10-12-26(13-11-25)22(28)24-18-7-4-16(3)20(23)14-18/h4-9,14-15H,10-13H2,1-3H3,(H,24,28). The highest BCUT2D eigenvalue weighted by atomic mass is 35.5. The molecule has 2 aromatic carbocycles. The Morgan fingerprint density at radius 1 is 0.968 bits per heavy atom. The van der Waals surface area contributed by atoms with Gasteiger partial charge in [-0.05, 0) is 62.7 Å². The smallest absolute Gasteiger partial charge is 0.321 e. The van der Waals surface area contributed by atoms with Crippen LogP contribution in [0.1, 0.15) is 29.8 Å². The second-order valence-corrected chi connectivity index (χ2v) is 10.7. The van der Waals surface area contributed by atoms with Crippen LogP contribution in [0.25, 0.3) is 0 Å². The zero-order valence-corrected chi connectivity index (χ0v) is 19.3. The molecule has 9 heteroatoms. The Balaban J connectivity index is 1.58. The van der Waals surface area contributed by atoms with Gasteiger partial charge in [0.05, 0.1) is 10.1 Å². The van der Waals surface area contributed by atoms with E-state index in [1.165, 1.54) is 24.3 Å². The van der Waals surface area contributed by atoms with Crippen molar-refractivity contribution in [1.29, 1.82) is 0 Å². The normalized spacial score (nSPS) is 14.6. The zero-order valence-electron chi connectivity index (χ0n) is 17.8. The molecule has 0 saturated carbocycles. The molecule has 1 N–H and O–H groups in total. The van der Waals surface area contributed by atoms with E-state index in [-0.39, 0.29) is 16.8 Å². The number of rotatable bonds is 4. The first-order valence-electron chi connectivity index (χ1n) is 10.0. The lowest BCUT2D eigenvalue weighted by atomic mass is 10.2. The molecular weight excluding hydrogens is 438 g/mol. The fourth-order valence-corrected chi connectivity index (χ4v) is 4.47. The van der Waals surface area contributed by atoms with Gasteiger partial charge in [0.25, 0.3) is 5.91 Å². The molecule has 0 spiro atoms. The summed E-state index contributed by atoms with van der Waals surface area (Å²) in [6.45, 7) is 6.73. The first kappa shape index (κ1) is 23.1. The number of carbonyl (C=O) groups is 2. The number of nitrogens with zero attached hydrogens (tertiary/aromatic N) is 2. The maximum Gasteiger partial charge on any atom is 0.321 e. The minimum absolute atomic E-state index is 0.182. The molecule has 166 valence electrons. The van der Waals surface area contributed by atoms with Crippen LogP contribution in [0.15, 0.2) is 47.4 Å². The van der Waals surface area contributed by atoms with Gasteiger partial charge in [0, 0.05) is 42.5 Å². The largest absolute Gasteiger partial charge is 0.335 e. The highest BCUT2D eigenvalue weighted by molar-refractivity contribution is 7.92. The summed E-state index contributed by atoms with van der Waals surface area (Å²) in [4.78, 5) is 28.8. The number of benzene rings is 2. The van der Waals surface area contributed by atoms with Gasteiger partial charge in [0.2, 0.25) is 0 Å². The molecule has 0 aromatic heterocycles. The van der Waals surface area contributed by atoms with Gasteiger partial charge in [-0.1, -0.05) is 17.7 Å². The molecular formula is C22H26ClN3O4S. The summed E-state index contributed by atoms with van der Waals surface area (Å²) in [6.07, 6.45) is 0. The summed E-state index contributed by atoms with van der Waals surface area (Å²) in [5.74, 6) is -0.182. The van der Waals surface area contributed by atoms with Crippen LogP contribution in [0.4, 0.5) is 10.5 Å². The van der Waals surface area contributed by atoms with Gasteiger partial charge in [-0.3, -0.25) is 4.79 Å². The first-order chi connectivity index (χ1) is 14.6. The number of hydrogen-bond acceptors (Lipinski definition) is 4. The van der Waals surface area contributed by atoms with E-state index in [0.29, 0.717) is 42.5 Å². The molecule has 1 aliphatic heterocycles. The quantitative estimate of drug-likeness (QED) is 0.746. The summed E-state index contributed by atoms with van der Waals surface area (Å²) >= 11 is 6.10. The molecule has 0 atom stereocenters. The Bertz CT molecular complexity index is 1080. The van der Waals surface area contributed by atoms with Crippen LogP contribution in [0.3, 0.4) is 0 Å². The maximum atomic E-state index is 12.8. The number of hydrogen-bond donors (Lipinski definition) is 1. The van der Waals surface area contributed by atoms with Crippen molar-refractivity contribution in [3.63, 3.8) is 0 Å². The van der Waals surface area contributed by atoms with Crippen molar-refractivity contribution in [2.45, 2.75) is 30.9 Å². The summed E-state index contributed by atoms with van der Waals surface area (Å²) in [5, 5.41) is 2.89. The van der Waals surface area contributed by atoms with Crippen LogP contribution in [-0.2, 0) is 9.84 Å². The monoisotopic (exact) mass is 463 g/mol. The Hall–Kier alpha value is -2.58. The molecule has 0 radical (unpaired) electrons. The first-order valence-corrected chi connectivity index (χ1v) is 12.0. The molecule has 7 nitrogen and oxygen atoms in total. The summed E-state index contributed by atoms with van der Waals surface area (Å²) < 4.78 is 24.5. The molecule has 1 saturated heterocycles. The minimum Gasteiger partial charge on any atom is -0.335 e. The Labute approximate surface area is 187 Å². The van der Waals surface area contributed by atoms with Crippen molar-refractivity contribution in [3.05, 3.63) is 58.6 Å². The molecule has 1 fully saturated rings. The highest BCUT2D eigenvalue weighted by Gasteiger charge is 2.26. The van der Waals surface area contributed by atoms with Gasteiger partial charge in [0.1, 0.15) is 0 Å². The van der Waals surface area contributed by atoms with Gasteiger partial charge in [0.15, 0.2) is 9.84 Å². The van der Waals surface area contributed by atoms with Crippen LogP contribution in [-0.4, -0.2) is 61.6 Å². The molecule has 0 bridgehead atoms. The van der Waals surface area contributed by atoms with Crippen LogP contribution in [0, 0.1) is 6.92 Å². The van der Waals surface area contributed by atoms with Crippen molar-refractivity contribution < 1.29 is 18.0 Å². The van der Waals surface area contributed by atoms with Crippen molar-refractivity contribution in [1.82, 2.24) is 9.80 Å².